The first-order chi connectivity index (χ1) is 11.1. The summed E-state index contributed by atoms with van der Waals surface area (Å²) in [5.74, 6) is 0.0530. The molecule has 1 atom stereocenters. The van der Waals surface area contributed by atoms with E-state index in [9.17, 15) is 4.79 Å². The maximum Gasteiger partial charge on any atom is 0.235 e. The number of hydrogen-bond acceptors (Lipinski definition) is 5. The third-order valence-electron chi connectivity index (χ3n) is 3.41. The molecule has 0 aliphatic carbocycles. The third kappa shape index (κ3) is 3.05. The van der Waals surface area contributed by atoms with Gasteiger partial charge in [0.05, 0.1) is 22.5 Å². The molecule has 1 amide bonds. The van der Waals surface area contributed by atoms with E-state index in [1.807, 2.05) is 37.3 Å². The highest BCUT2D eigenvalue weighted by Crippen LogP contribution is 2.29. The van der Waals surface area contributed by atoms with Gasteiger partial charge in [0, 0.05) is 14.1 Å². The number of amides is 1. The molecule has 1 unspecified atom stereocenters. The molecule has 2 aromatic heterocycles. The van der Waals surface area contributed by atoms with Gasteiger partial charge in [-0.25, -0.2) is 14.6 Å². The van der Waals surface area contributed by atoms with Gasteiger partial charge in [-0.15, -0.1) is 0 Å². The Kier molecular flexibility index (Phi) is 4.29. The normalized spacial score (nSPS) is 12.3. The molecule has 0 N–H and O–H groups in total. The summed E-state index contributed by atoms with van der Waals surface area (Å²) in [7, 11) is 3.50. The molecule has 23 heavy (non-hydrogen) atoms. The van der Waals surface area contributed by atoms with Crippen molar-refractivity contribution in [3.63, 3.8) is 0 Å². The van der Waals surface area contributed by atoms with Crippen LogP contribution in [0.25, 0.3) is 16.7 Å². The van der Waals surface area contributed by atoms with Crippen molar-refractivity contribution in [2.24, 2.45) is 0 Å². The second-order valence-electron chi connectivity index (χ2n) is 5.30. The maximum atomic E-state index is 12.1. The van der Waals surface area contributed by atoms with Crippen molar-refractivity contribution in [3.8, 4) is 5.69 Å². The Hall–Kier alpha value is -2.41. The van der Waals surface area contributed by atoms with Crippen LogP contribution in [0.4, 0.5) is 0 Å². The molecule has 3 aromatic rings. The SMILES string of the molecule is CC(Sc1ncnc2c1cnn2-c1ccccc1)C(=O)N(C)C. The highest BCUT2D eigenvalue weighted by Gasteiger charge is 2.19. The predicted octanol–water partition coefficient (Wildman–Crippen LogP) is 2.38. The molecule has 0 bridgehead atoms. The van der Waals surface area contributed by atoms with Gasteiger partial charge in [-0.1, -0.05) is 30.0 Å². The molecule has 0 saturated heterocycles. The number of para-hydroxylation sites is 1. The van der Waals surface area contributed by atoms with E-state index in [4.69, 9.17) is 0 Å². The van der Waals surface area contributed by atoms with Crippen LogP contribution in [-0.4, -0.2) is 49.9 Å². The van der Waals surface area contributed by atoms with E-state index >= 15 is 0 Å². The van der Waals surface area contributed by atoms with Crippen LogP contribution >= 0.6 is 11.8 Å². The minimum atomic E-state index is -0.219. The summed E-state index contributed by atoms with van der Waals surface area (Å²) in [6.07, 6.45) is 3.26. The number of aromatic nitrogens is 4. The molecule has 0 radical (unpaired) electrons. The smallest absolute Gasteiger partial charge is 0.235 e. The Morgan fingerprint density at radius 3 is 2.65 bits per heavy atom. The van der Waals surface area contributed by atoms with Crippen molar-refractivity contribution in [2.45, 2.75) is 17.2 Å². The molecule has 0 aliphatic heterocycles. The molecule has 3 rings (SSSR count). The molecule has 0 spiro atoms. The van der Waals surface area contributed by atoms with Crippen molar-refractivity contribution in [2.75, 3.05) is 14.1 Å². The zero-order valence-electron chi connectivity index (χ0n) is 13.2. The fraction of sp³-hybridized carbons (Fsp3) is 0.250. The molecule has 0 fully saturated rings. The molecule has 2 heterocycles. The lowest BCUT2D eigenvalue weighted by atomic mass is 10.3. The van der Waals surface area contributed by atoms with Gasteiger partial charge in [0.25, 0.3) is 0 Å². The minimum Gasteiger partial charge on any atom is -0.348 e. The van der Waals surface area contributed by atoms with Gasteiger partial charge in [0.1, 0.15) is 11.4 Å². The molecule has 7 heteroatoms. The lowest BCUT2D eigenvalue weighted by molar-refractivity contribution is -0.127. The van der Waals surface area contributed by atoms with Crippen LogP contribution < -0.4 is 0 Å². The second kappa shape index (κ2) is 6.37. The Morgan fingerprint density at radius 1 is 1.22 bits per heavy atom. The second-order valence-corrected chi connectivity index (χ2v) is 6.63. The van der Waals surface area contributed by atoms with Crippen LogP contribution in [0.3, 0.4) is 0 Å². The van der Waals surface area contributed by atoms with E-state index in [1.165, 1.54) is 18.1 Å². The predicted molar refractivity (Wildman–Crippen MR) is 90.7 cm³/mol. The van der Waals surface area contributed by atoms with Gasteiger partial charge in [-0.3, -0.25) is 4.79 Å². The molecule has 6 nitrogen and oxygen atoms in total. The molecule has 0 aliphatic rings. The molecule has 118 valence electrons. The third-order valence-corrected chi connectivity index (χ3v) is 4.51. The number of hydrogen-bond donors (Lipinski definition) is 0. The summed E-state index contributed by atoms with van der Waals surface area (Å²) in [6.45, 7) is 1.88. The first-order valence-corrected chi connectivity index (χ1v) is 8.08. The number of fused-ring (bicyclic) bond motifs is 1. The zero-order chi connectivity index (χ0) is 16.4. The van der Waals surface area contributed by atoms with Crippen LogP contribution in [0.15, 0.2) is 47.9 Å². The number of benzene rings is 1. The van der Waals surface area contributed by atoms with Crippen LogP contribution in [0, 0.1) is 0 Å². The molecular weight excluding hydrogens is 310 g/mol. The fourth-order valence-corrected chi connectivity index (χ4v) is 3.28. The summed E-state index contributed by atoms with van der Waals surface area (Å²) in [4.78, 5) is 22.3. The van der Waals surface area contributed by atoms with Crippen molar-refractivity contribution >= 4 is 28.7 Å². The zero-order valence-corrected chi connectivity index (χ0v) is 14.0. The van der Waals surface area contributed by atoms with Gasteiger partial charge in [0.15, 0.2) is 5.65 Å². The molecule has 0 saturated carbocycles. The van der Waals surface area contributed by atoms with Gasteiger partial charge < -0.3 is 4.90 Å². The topological polar surface area (TPSA) is 63.9 Å². The van der Waals surface area contributed by atoms with E-state index in [0.717, 1.165) is 21.7 Å². The average Bonchev–Trinajstić information content (AvgIpc) is 3.00. The quantitative estimate of drug-likeness (QED) is 0.544. The number of nitrogens with zero attached hydrogens (tertiary/aromatic N) is 5. The standard InChI is InChI=1S/C16H17N5OS/c1-11(16(22)20(2)3)23-15-13-9-19-21(14(13)17-10-18-15)12-7-5-4-6-8-12/h4-11H,1-3H3. The van der Waals surface area contributed by atoms with E-state index in [0.29, 0.717) is 0 Å². The maximum absolute atomic E-state index is 12.1. The lowest BCUT2D eigenvalue weighted by Crippen LogP contribution is -2.29. The van der Waals surface area contributed by atoms with Crippen LogP contribution in [0.2, 0.25) is 0 Å². The average molecular weight is 327 g/mol. The first kappa shape index (κ1) is 15.5. The number of carbonyl (C=O) groups is 1. The van der Waals surface area contributed by atoms with Crippen LogP contribution in [-0.2, 0) is 4.79 Å². The van der Waals surface area contributed by atoms with Crippen LogP contribution in [0.5, 0.6) is 0 Å². The van der Waals surface area contributed by atoms with Gasteiger partial charge in [0.2, 0.25) is 5.91 Å². The summed E-state index contributed by atoms with van der Waals surface area (Å²) in [5.41, 5.74) is 1.67. The largest absolute Gasteiger partial charge is 0.348 e. The number of rotatable bonds is 4. The van der Waals surface area contributed by atoms with Crippen molar-refractivity contribution in [1.29, 1.82) is 0 Å². The Labute approximate surface area is 138 Å². The lowest BCUT2D eigenvalue weighted by Gasteiger charge is -2.15. The monoisotopic (exact) mass is 327 g/mol. The van der Waals surface area contributed by atoms with Gasteiger partial charge in [-0.05, 0) is 19.1 Å². The summed E-state index contributed by atoms with van der Waals surface area (Å²) >= 11 is 1.42. The van der Waals surface area contributed by atoms with E-state index in [2.05, 4.69) is 15.1 Å². The van der Waals surface area contributed by atoms with Gasteiger partial charge in [-0.2, -0.15) is 5.10 Å². The fourth-order valence-electron chi connectivity index (χ4n) is 2.26. The van der Waals surface area contributed by atoms with Crippen molar-refractivity contribution in [3.05, 3.63) is 42.9 Å². The minimum absolute atomic E-state index is 0.0530. The number of thioether (sulfide) groups is 1. The number of carbonyl (C=O) groups excluding carboxylic acids is 1. The first-order valence-electron chi connectivity index (χ1n) is 7.20. The van der Waals surface area contributed by atoms with Crippen molar-refractivity contribution < 1.29 is 4.79 Å². The Balaban J connectivity index is 1.98. The highest BCUT2D eigenvalue weighted by molar-refractivity contribution is 8.00. The van der Waals surface area contributed by atoms with Crippen LogP contribution in [0.1, 0.15) is 6.92 Å². The Bertz CT molecular complexity index is 831. The van der Waals surface area contributed by atoms with Gasteiger partial charge >= 0.3 is 0 Å². The summed E-state index contributed by atoms with van der Waals surface area (Å²) in [6, 6.07) is 9.81. The molecular formula is C16H17N5OS. The van der Waals surface area contributed by atoms with E-state index in [1.54, 1.807) is 29.9 Å². The van der Waals surface area contributed by atoms with E-state index < -0.39 is 0 Å². The Morgan fingerprint density at radius 2 is 1.96 bits per heavy atom. The summed E-state index contributed by atoms with van der Waals surface area (Å²) in [5, 5.41) is 5.81. The van der Waals surface area contributed by atoms with Crippen molar-refractivity contribution in [1.82, 2.24) is 24.6 Å². The summed E-state index contributed by atoms with van der Waals surface area (Å²) < 4.78 is 1.78. The highest BCUT2D eigenvalue weighted by atomic mass is 32.2. The van der Waals surface area contributed by atoms with E-state index in [-0.39, 0.29) is 11.2 Å². The molecule has 1 aromatic carbocycles.